The number of nitrogens with one attached hydrogen (secondary N) is 1. The number of imide groups is 2. The minimum atomic E-state index is -4.39. The van der Waals surface area contributed by atoms with Gasteiger partial charge < -0.3 is 4.18 Å². The Kier molecular flexibility index (Phi) is 7.44. The van der Waals surface area contributed by atoms with Gasteiger partial charge in [-0.3, -0.25) is 14.9 Å². The number of nitrogens with zero attached hydrogens (tertiary/aromatic N) is 1. The molecule has 0 spiro atoms. The molecule has 1 N–H and O–H groups in total. The molecule has 4 rings (SSSR count). The van der Waals surface area contributed by atoms with Gasteiger partial charge in [-0.05, 0) is 66.7 Å². The van der Waals surface area contributed by atoms with Crippen molar-refractivity contribution in [3.05, 3.63) is 91.3 Å². The molecular formula is C23H12BrCl3N2O6S. The zero-order valence-corrected chi connectivity index (χ0v) is 22.3. The predicted octanol–water partition coefficient (Wildman–Crippen LogP) is 5.84. The first-order chi connectivity index (χ1) is 17.0. The largest absolute Gasteiger partial charge is 0.377 e. The van der Waals surface area contributed by atoms with Crippen LogP contribution in [0.25, 0.3) is 6.08 Å². The minimum absolute atomic E-state index is 0.0765. The van der Waals surface area contributed by atoms with E-state index in [4.69, 9.17) is 39.0 Å². The Morgan fingerprint density at radius 1 is 0.889 bits per heavy atom. The lowest BCUT2D eigenvalue weighted by Crippen LogP contribution is -2.54. The first-order valence-electron chi connectivity index (χ1n) is 9.82. The molecule has 1 aliphatic rings. The Hall–Kier alpha value is -2.89. The van der Waals surface area contributed by atoms with Crippen molar-refractivity contribution in [2.75, 3.05) is 4.90 Å². The summed E-state index contributed by atoms with van der Waals surface area (Å²) in [5.74, 6) is -2.33. The number of carbonyl (C=O) groups is 3. The molecule has 1 saturated heterocycles. The molecule has 0 radical (unpaired) electrons. The lowest BCUT2D eigenvalue weighted by molar-refractivity contribution is -0.122. The maximum atomic E-state index is 13.2. The van der Waals surface area contributed by atoms with Crippen LogP contribution in [0, 0.1) is 0 Å². The molecule has 0 aromatic heterocycles. The van der Waals surface area contributed by atoms with Crippen LogP contribution in [0.3, 0.4) is 0 Å². The van der Waals surface area contributed by atoms with Gasteiger partial charge in [-0.2, -0.15) is 8.42 Å². The standard InChI is InChI=1S/C23H12BrCl3N2O6S/c24-13-1-5-16(6-2-13)29-22(31)18(21(30)28-23(29)32)10-12-9-15(26)11-19(27)20(12)35-36(33,34)17-7-3-14(25)4-8-17/h1-11H,(H,28,30,32)/b18-10+. The Balaban J connectivity index is 1.78. The van der Waals surface area contributed by atoms with Gasteiger partial charge in [0, 0.05) is 20.1 Å². The van der Waals surface area contributed by atoms with Crippen molar-refractivity contribution in [2.24, 2.45) is 0 Å². The monoisotopic (exact) mass is 628 g/mol. The lowest BCUT2D eigenvalue weighted by atomic mass is 10.1. The van der Waals surface area contributed by atoms with Gasteiger partial charge in [0.1, 0.15) is 10.5 Å². The number of anilines is 1. The van der Waals surface area contributed by atoms with Gasteiger partial charge in [0.15, 0.2) is 5.75 Å². The summed E-state index contributed by atoms with van der Waals surface area (Å²) in [6.07, 6.45) is 1.04. The smallest absolute Gasteiger partial charge is 0.339 e. The van der Waals surface area contributed by atoms with Crippen molar-refractivity contribution in [2.45, 2.75) is 4.90 Å². The van der Waals surface area contributed by atoms with Gasteiger partial charge in [0.25, 0.3) is 11.8 Å². The number of amides is 4. The molecule has 0 atom stereocenters. The number of hydrogen-bond acceptors (Lipinski definition) is 6. The third-order valence-electron chi connectivity index (χ3n) is 4.82. The van der Waals surface area contributed by atoms with Gasteiger partial charge in [0.2, 0.25) is 0 Å². The maximum Gasteiger partial charge on any atom is 0.339 e. The number of urea groups is 1. The summed E-state index contributed by atoms with van der Waals surface area (Å²) in [6, 6.07) is 13.0. The van der Waals surface area contributed by atoms with Crippen LogP contribution in [-0.4, -0.2) is 26.3 Å². The first kappa shape index (κ1) is 26.2. The number of halogens is 4. The van der Waals surface area contributed by atoms with Crippen LogP contribution in [0.4, 0.5) is 10.5 Å². The van der Waals surface area contributed by atoms with Gasteiger partial charge in [0.05, 0.1) is 10.7 Å². The van der Waals surface area contributed by atoms with Crippen molar-refractivity contribution in [1.29, 1.82) is 0 Å². The zero-order valence-electron chi connectivity index (χ0n) is 17.7. The Bertz CT molecular complexity index is 1540. The fourth-order valence-electron chi connectivity index (χ4n) is 3.17. The van der Waals surface area contributed by atoms with E-state index < -0.39 is 33.5 Å². The molecule has 3 aromatic rings. The second-order valence-corrected chi connectivity index (χ2v) is 11.0. The third kappa shape index (κ3) is 5.42. The molecule has 0 saturated carbocycles. The highest BCUT2D eigenvalue weighted by molar-refractivity contribution is 9.10. The van der Waals surface area contributed by atoms with Gasteiger partial charge >= 0.3 is 16.1 Å². The average Bonchev–Trinajstić information content (AvgIpc) is 2.80. The Labute approximate surface area is 228 Å². The first-order valence-corrected chi connectivity index (χ1v) is 13.2. The average molecular weight is 631 g/mol. The summed E-state index contributed by atoms with van der Waals surface area (Å²) >= 11 is 21.4. The SMILES string of the molecule is O=C1NC(=O)N(c2ccc(Br)cc2)C(=O)/C1=C/c1cc(Cl)cc(Cl)c1OS(=O)(=O)c1ccc(Cl)cc1. The van der Waals surface area contributed by atoms with E-state index >= 15 is 0 Å². The molecule has 4 amide bonds. The normalized spacial score (nSPS) is 15.3. The van der Waals surface area contributed by atoms with Crippen LogP contribution in [0.1, 0.15) is 5.56 Å². The molecular weight excluding hydrogens is 619 g/mol. The fourth-order valence-corrected chi connectivity index (χ4v) is 5.13. The quantitative estimate of drug-likeness (QED) is 0.216. The number of barbiturate groups is 1. The highest BCUT2D eigenvalue weighted by atomic mass is 79.9. The van der Waals surface area contributed by atoms with E-state index in [0.717, 1.165) is 11.0 Å². The summed E-state index contributed by atoms with van der Waals surface area (Å²) in [7, 11) is -4.39. The van der Waals surface area contributed by atoms with Crippen LogP contribution < -0.4 is 14.4 Å². The molecule has 0 unspecified atom stereocenters. The predicted molar refractivity (Wildman–Crippen MR) is 139 cm³/mol. The topological polar surface area (TPSA) is 110 Å². The number of benzene rings is 3. The van der Waals surface area contributed by atoms with E-state index in [1.807, 2.05) is 0 Å². The van der Waals surface area contributed by atoms with Crippen LogP contribution in [0.2, 0.25) is 15.1 Å². The van der Waals surface area contributed by atoms with E-state index in [9.17, 15) is 22.8 Å². The number of rotatable bonds is 5. The van der Waals surface area contributed by atoms with Crippen molar-refractivity contribution in [3.63, 3.8) is 0 Å². The summed E-state index contributed by atoms with van der Waals surface area (Å²) < 4.78 is 31.7. The van der Waals surface area contributed by atoms with Crippen LogP contribution in [-0.2, 0) is 19.7 Å². The molecule has 1 aliphatic heterocycles. The van der Waals surface area contributed by atoms with Crippen molar-refractivity contribution < 1.29 is 27.0 Å². The number of carbonyl (C=O) groups excluding carboxylic acids is 3. The van der Waals surface area contributed by atoms with Crippen LogP contribution in [0.15, 0.2) is 75.6 Å². The summed E-state index contributed by atoms with van der Waals surface area (Å²) in [5, 5.41) is 2.28. The van der Waals surface area contributed by atoms with E-state index in [-0.39, 0.29) is 31.9 Å². The summed E-state index contributed by atoms with van der Waals surface area (Å²) in [5.41, 5.74) is -0.372. The van der Waals surface area contributed by atoms with E-state index in [1.54, 1.807) is 12.1 Å². The van der Waals surface area contributed by atoms with Crippen molar-refractivity contribution in [1.82, 2.24) is 5.32 Å². The Morgan fingerprint density at radius 2 is 1.53 bits per heavy atom. The molecule has 1 heterocycles. The van der Waals surface area contributed by atoms with E-state index in [1.165, 1.54) is 48.5 Å². The highest BCUT2D eigenvalue weighted by Gasteiger charge is 2.37. The lowest BCUT2D eigenvalue weighted by Gasteiger charge is -2.26. The van der Waals surface area contributed by atoms with Crippen LogP contribution in [0.5, 0.6) is 5.75 Å². The van der Waals surface area contributed by atoms with E-state index in [0.29, 0.717) is 9.50 Å². The zero-order chi connectivity index (χ0) is 26.2. The van der Waals surface area contributed by atoms with Crippen LogP contribution >= 0.6 is 50.7 Å². The van der Waals surface area contributed by atoms with Crippen molar-refractivity contribution in [3.8, 4) is 5.75 Å². The van der Waals surface area contributed by atoms with Gasteiger partial charge in [-0.15, -0.1) is 0 Å². The molecule has 13 heteroatoms. The van der Waals surface area contributed by atoms with E-state index in [2.05, 4.69) is 21.2 Å². The molecule has 0 bridgehead atoms. The molecule has 0 aliphatic carbocycles. The number of hydrogen-bond donors (Lipinski definition) is 1. The molecule has 3 aromatic carbocycles. The molecule has 1 fully saturated rings. The third-order valence-corrected chi connectivity index (χ3v) is 7.33. The molecule has 8 nitrogen and oxygen atoms in total. The minimum Gasteiger partial charge on any atom is -0.377 e. The van der Waals surface area contributed by atoms with Gasteiger partial charge in [-0.25, -0.2) is 9.69 Å². The highest BCUT2D eigenvalue weighted by Crippen LogP contribution is 2.36. The fraction of sp³-hybridized carbons (Fsp3) is 0. The molecule has 36 heavy (non-hydrogen) atoms. The summed E-state index contributed by atoms with van der Waals surface area (Å²) in [4.78, 5) is 38.7. The Morgan fingerprint density at radius 3 is 2.17 bits per heavy atom. The maximum absolute atomic E-state index is 13.2. The second-order valence-electron chi connectivity index (χ2n) is 7.23. The summed E-state index contributed by atoms with van der Waals surface area (Å²) in [6.45, 7) is 0. The van der Waals surface area contributed by atoms with Crippen molar-refractivity contribution >= 4 is 90.5 Å². The van der Waals surface area contributed by atoms with Gasteiger partial charge in [-0.1, -0.05) is 50.7 Å². The molecule has 184 valence electrons. The second kappa shape index (κ2) is 10.2.